The van der Waals surface area contributed by atoms with Gasteiger partial charge in [0.25, 0.3) is 0 Å². The van der Waals surface area contributed by atoms with Gasteiger partial charge in [-0.3, -0.25) is 9.59 Å². The second kappa shape index (κ2) is 6.91. The molecule has 0 aromatic heterocycles. The van der Waals surface area contributed by atoms with Gasteiger partial charge in [0.05, 0.1) is 12.0 Å². The van der Waals surface area contributed by atoms with Gasteiger partial charge >= 0.3 is 5.97 Å². The van der Waals surface area contributed by atoms with Crippen LogP contribution in [0.1, 0.15) is 19.4 Å². The zero-order valence-corrected chi connectivity index (χ0v) is 11.5. The van der Waals surface area contributed by atoms with E-state index >= 15 is 0 Å². The Hall–Kier alpha value is -2.08. The van der Waals surface area contributed by atoms with Crippen molar-refractivity contribution in [3.05, 3.63) is 29.8 Å². The molecule has 0 saturated heterocycles. The lowest BCUT2D eigenvalue weighted by molar-refractivity contribution is -0.142. The second-order valence-corrected chi connectivity index (χ2v) is 4.90. The van der Waals surface area contributed by atoms with Crippen molar-refractivity contribution in [2.75, 3.05) is 0 Å². The van der Waals surface area contributed by atoms with E-state index in [9.17, 15) is 9.59 Å². The highest BCUT2D eigenvalue weighted by Crippen LogP contribution is 2.11. The highest BCUT2D eigenvalue weighted by molar-refractivity contribution is 5.83. The zero-order valence-electron chi connectivity index (χ0n) is 11.5. The summed E-state index contributed by atoms with van der Waals surface area (Å²) in [6.45, 7) is 3.16. The van der Waals surface area contributed by atoms with Gasteiger partial charge in [-0.05, 0) is 38.0 Å². The Morgan fingerprint density at radius 1 is 1.25 bits per heavy atom. The number of phenolic OH excluding ortho intramolecular Hbond substituents is 1. The summed E-state index contributed by atoms with van der Waals surface area (Å²) < 4.78 is 0. The Balaban J connectivity index is 2.54. The Morgan fingerprint density at radius 2 is 1.80 bits per heavy atom. The highest BCUT2D eigenvalue weighted by Gasteiger charge is 2.23. The number of phenols is 1. The first-order chi connectivity index (χ1) is 9.31. The number of carbonyl (C=O) groups is 2. The second-order valence-electron chi connectivity index (χ2n) is 4.90. The van der Waals surface area contributed by atoms with Crippen LogP contribution in [0.4, 0.5) is 0 Å². The molecule has 3 atom stereocenters. The minimum Gasteiger partial charge on any atom is -0.508 e. The summed E-state index contributed by atoms with van der Waals surface area (Å²) in [7, 11) is 0. The number of benzene rings is 1. The third kappa shape index (κ3) is 4.55. The van der Waals surface area contributed by atoms with Crippen LogP contribution >= 0.6 is 0 Å². The lowest BCUT2D eigenvalue weighted by atomic mass is 10.0. The summed E-state index contributed by atoms with van der Waals surface area (Å²) in [5.74, 6) is -1.89. The predicted molar refractivity (Wildman–Crippen MR) is 74.2 cm³/mol. The molecule has 5 N–H and O–H groups in total. The first kappa shape index (κ1) is 16.0. The number of amides is 1. The van der Waals surface area contributed by atoms with Gasteiger partial charge in [-0.1, -0.05) is 12.1 Å². The van der Waals surface area contributed by atoms with Crippen LogP contribution in [0.5, 0.6) is 5.75 Å². The molecule has 1 amide bonds. The summed E-state index contributed by atoms with van der Waals surface area (Å²) in [6, 6.07) is 5.16. The molecule has 0 saturated carbocycles. The summed E-state index contributed by atoms with van der Waals surface area (Å²) in [4.78, 5) is 22.7. The van der Waals surface area contributed by atoms with Gasteiger partial charge in [-0.2, -0.15) is 0 Å². The molecule has 6 nitrogen and oxygen atoms in total. The molecule has 1 aromatic carbocycles. The van der Waals surface area contributed by atoms with Gasteiger partial charge < -0.3 is 21.3 Å². The maximum atomic E-state index is 11.9. The monoisotopic (exact) mass is 280 g/mol. The van der Waals surface area contributed by atoms with Crippen LogP contribution in [-0.4, -0.2) is 34.2 Å². The number of nitrogens with two attached hydrogens (primary N) is 1. The van der Waals surface area contributed by atoms with Crippen molar-refractivity contribution in [3.63, 3.8) is 0 Å². The van der Waals surface area contributed by atoms with Crippen LogP contribution in [0.15, 0.2) is 24.3 Å². The standard InChI is InChI=1S/C14H20N2O4/c1-8(14(19)20)9(2)16-13(18)12(15)7-10-3-5-11(17)6-4-10/h3-6,8-9,12,17H,7,15H2,1-2H3,(H,16,18)(H,19,20)/t8?,9?,12-/m1/s1. The molecule has 0 spiro atoms. The molecular formula is C14H20N2O4. The molecular weight excluding hydrogens is 260 g/mol. The Kier molecular flexibility index (Phi) is 5.52. The Labute approximate surface area is 117 Å². The van der Waals surface area contributed by atoms with Crippen molar-refractivity contribution in [2.45, 2.75) is 32.4 Å². The first-order valence-corrected chi connectivity index (χ1v) is 6.38. The molecule has 0 fully saturated rings. The molecule has 0 aliphatic rings. The van der Waals surface area contributed by atoms with Crippen LogP contribution < -0.4 is 11.1 Å². The van der Waals surface area contributed by atoms with Gasteiger partial charge in [0.15, 0.2) is 0 Å². The molecule has 2 unspecified atom stereocenters. The van der Waals surface area contributed by atoms with Crippen LogP contribution in [0.25, 0.3) is 0 Å². The third-order valence-electron chi connectivity index (χ3n) is 3.24. The summed E-state index contributed by atoms with van der Waals surface area (Å²) in [5.41, 5.74) is 6.61. The van der Waals surface area contributed by atoms with Crippen molar-refractivity contribution in [3.8, 4) is 5.75 Å². The highest BCUT2D eigenvalue weighted by atomic mass is 16.4. The van der Waals surface area contributed by atoms with Gasteiger partial charge in [0.2, 0.25) is 5.91 Å². The van der Waals surface area contributed by atoms with E-state index in [1.165, 1.54) is 19.1 Å². The minimum absolute atomic E-state index is 0.149. The first-order valence-electron chi connectivity index (χ1n) is 6.38. The number of carbonyl (C=O) groups excluding carboxylic acids is 1. The van der Waals surface area contributed by atoms with E-state index < -0.39 is 29.9 Å². The van der Waals surface area contributed by atoms with Crippen molar-refractivity contribution in [1.29, 1.82) is 0 Å². The van der Waals surface area contributed by atoms with Crippen LogP contribution in [0.2, 0.25) is 0 Å². The zero-order chi connectivity index (χ0) is 15.3. The average molecular weight is 280 g/mol. The van der Waals surface area contributed by atoms with Crippen molar-refractivity contribution in [2.24, 2.45) is 11.7 Å². The van der Waals surface area contributed by atoms with E-state index in [2.05, 4.69) is 5.32 Å². The molecule has 0 aliphatic heterocycles. The summed E-state index contributed by atoms with van der Waals surface area (Å²) >= 11 is 0. The predicted octanol–water partition coefficient (Wildman–Crippen LogP) is 0.487. The third-order valence-corrected chi connectivity index (χ3v) is 3.24. The largest absolute Gasteiger partial charge is 0.508 e. The van der Waals surface area contributed by atoms with Crippen molar-refractivity contribution < 1.29 is 19.8 Å². The lowest BCUT2D eigenvalue weighted by Gasteiger charge is -2.20. The number of aliphatic carboxylic acids is 1. The quantitative estimate of drug-likeness (QED) is 0.605. The Bertz CT molecular complexity index is 473. The lowest BCUT2D eigenvalue weighted by Crippen LogP contribution is -2.48. The molecule has 0 aliphatic carbocycles. The van der Waals surface area contributed by atoms with Gasteiger partial charge in [-0.15, -0.1) is 0 Å². The SMILES string of the molecule is CC(NC(=O)[C@H](N)Cc1ccc(O)cc1)C(C)C(=O)O. The van der Waals surface area contributed by atoms with E-state index in [1.807, 2.05) is 0 Å². The van der Waals surface area contributed by atoms with Gasteiger partial charge in [0, 0.05) is 6.04 Å². The Morgan fingerprint density at radius 3 is 2.30 bits per heavy atom. The van der Waals surface area contributed by atoms with Crippen molar-refractivity contribution >= 4 is 11.9 Å². The number of nitrogens with one attached hydrogen (secondary N) is 1. The smallest absolute Gasteiger partial charge is 0.308 e. The van der Waals surface area contributed by atoms with Gasteiger partial charge in [-0.25, -0.2) is 0 Å². The molecule has 1 rings (SSSR count). The maximum Gasteiger partial charge on any atom is 0.308 e. The minimum atomic E-state index is -0.968. The number of rotatable bonds is 6. The van der Waals surface area contributed by atoms with Crippen LogP contribution in [0, 0.1) is 5.92 Å². The average Bonchev–Trinajstić information content (AvgIpc) is 2.40. The molecule has 0 bridgehead atoms. The number of hydrogen-bond donors (Lipinski definition) is 4. The number of carboxylic acid groups (broad SMARTS) is 1. The molecule has 6 heteroatoms. The fraction of sp³-hybridized carbons (Fsp3) is 0.429. The normalized spacial score (nSPS) is 15.2. The molecule has 20 heavy (non-hydrogen) atoms. The summed E-state index contributed by atoms with van der Waals surface area (Å²) in [6.07, 6.45) is 0.320. The van der Waals surface area contributed by atoms with E-state index in [0.29, 0.717) is 6.42 Å². The van der Waals surface area contributed by atoms with Crippen molar-refractivity contribution in [1.82, 2.24) is 5.32 Å². The van der Waals surface area contributed by atoms with E-state index in [-0.39, 0.29) is 5.75 Å². The van der Waals surface area contributed by atoms with E-state index in [1.54, 1.807) is 19.1 Å². The van der Waals surface area contributed by atoms with Crippen LogP contribution in [0.3, 0.4) is 0 Å². The van der Waals surface area contributed by atoms with E-state index in [4.69, 9.17) is 15.9 Å². The summed E-state index contributed by atoms with van der Waals surface area (Å²) in [5, 5.41) is 20.6. The molecule has 110 valence electrons. The van der Waals surface area contributed by atoms with Crippen LogP contribution in [-0.2, 0) is 16.0 Å². The number of hydrogen-bond acceptors (Lipinski definition) is 4. The molecule has 0 radical (unpaired) electrons. The van der Waals surface area contributed by atoms with E-state index in [0.717, 1.165) is 5.56 Å². The fourth-order valence-electron chi connectivity index (χ4n) is 1.65. The number of carboxylic acids is 1. The molecule has 1 aromatic rings. The number of aromatic hydroxyl groups is 1. The fourth-order valence-corrected chi connectivity index (χ4v) is 1.65. The van der Waals surface area contributed by atoms with Gasteiger partial charge in [0.1, 0.15) is 5.75 Å². The maximum absolute atomic E-state index is 11.9. The topological polar surface area (TPSA) is 113 Å². The molecule has 0 heterocycles.